The molecular formula is C23H21N3O4S. The molecule has 3 rings (SSSR count). The molecule has 0 bridgehead atoms. The lowest BCUT2D eigenvalue weighted by molar-refractivity contribution is -0.128. The Balaban J connectivity index is 1.75. The van der Waals surface area contributed by atoms with E-state index in [0.29, 0.717) is 17.0 Å². The number of benzene rings is 2. The zero-order valence-corrected chi connectivity index (χ0v) is 17.7. The van der Waals surface area contributed by atoms with Gasteiger partial charge in [-0.1, -0.05) is 42.0 Å². The highest BCUT2D eigenvalue weighted by Crippen LogP contribution is 2.23. The van der Waals surface area contributed by atoms with Crippen LogP contribution in [-0.4, -0.2) is 40.9 Å². The monoisotopic (exact) mass is 435 g/mol. The van der Waals surface area contributed by atoms with Gasteiger partial charge in [0.25, 0.3) is 17.7 Å². The van der Waals surface area contributed by atoms with Crippen LogP contribution >= 0.6 is 12.2 Å². The van der Waals surface area contributed by atoms with Gasteiger partial charge in [-0.05, 0) is 43.4 Å². The van der Waals surface area contributed by atoms with Gasteiger partial charge in [0.15, 0.2) is 11.7 Å². The van der Waals surface area contributed by atoms with Crippen LogP contribution in [0.5, 0.6) is 5.75 Å². The third-order valence-corrected chi connectivity index (χ3v) is 4.73. The number of thiocarbonyl (C=S) groups is 1. The van der Waals surface area contributed by atoms with E-state index in [4.69, 9.17) is 17.0 Å². The maximum atomic E-state index is 12.7. The van der Waals surface area contributed by atoms with Crippen LogP contribution in [0.1, 0.15) is 11.1 Å². The van der Waals surface area contributed by atoms with Gasteiger partial charge >= 0.3 is 0 Å². The van der Waals surface area contributed by atoms with Crippen molar-refractivity contribution in [3.05, 3.63) is 77.9 Å². The molecule has 31 heavy (non-hydrogen) atoms. The van der Waals surface area contributed by atoms with Crippen molar-refractivity contribution < 1.29 is 19.1 Å². The van der Waals surface area contributed by atoms with Crippen molar-refractivity contribution >= 4 is 46.8 Å². The van der Waals surface area contributed by atoms with E-state index in [1.165, 1.54) is 17.1 Å². The Morgan fingerprint density at radius 1 is 1.19 bits per heavy atom. The van der Waals surface area contributed by atoms with E-state index in [0.717, 1.165) is 5.56 Å². The summed E-state index contributed by atoms with van der Waals surface area (Å²) < 4.78 is 5.65. The average Bonchev–Trinajstić information content (AvgIpc) is 2.75. The van der Waals surface area contributed by atoms with Crippen molar-refractivity contribution in [1.82, 2.24) is 10.2 Å². The molecule has 0 saturated carbocycles. The van der Waals surface area contributed by atoms with Crippen molar-refractivity contribution in [2.45, 2.75) is 6.92 Å². The molecular weight excluding hydrogens is 414 g/mol. The number of rotatable bonds is 7. The van der Waals surface area contributed by atoms with Crippen LogP contribution < -0.4 is 15.4 Å². The molecule has 1 aliphatic rings. The second kappa shape index (κ2) is 9.82. The lowest BCUT2D eigenvalue weighted by Crippen LogP contribution is -2.53. The lowest BCUT2D eigenvalue weighted by atomic mass is 10.1. The van der Waals surface area contributed by atoms with E-state index in [2.05, 4.69) is 17.2 Å². The number of nitrogens with zero attached hydrogens (tertiary/aromatic N) is 1. The summed E-state index contributed by atoms with van der Waals surface area (Å²) in [5, 5.41) is 5.28. The highest BCUT2D eigenvalue weighted by Gasteiger charge is 2.32. The topological polar surface area (TPSA) is 87.7 Å². The van der Waals surface area contributed by atoms with Gasteiger partial charge in [0.1, 0.15) is 11.3 Å². The van der Waals surface area contributed by atoms with E-state index < -0.39 is 11.8 Å². The summed E-state index contributed by atoms with van der Waals surface area (Å²) in [5.41, 5.74) is 2.15. The average molecular weight is 436 g/mol. The molecule has 8 heteroatoms. The van der Waals surface area contributed by atoms with Crippen molar-refractivity contribution in [2.75, 3.05) is 18.5 Å². The summed E-state index contributed by atoms with van der Waals surface area (Å²) in [6, 6.07) is 14.2. The van der Waals surface area contributed by atoms with Gasteiger partial charge in [-0.25, -0.2) is 0 Å². The molecule has 0 unspecified atom stereocenters. The van der Waals surface area contributed by atoms with E-state index in [1.54, 1.807) is 36.4 Å². The normalized spacial score (nSPS) is 14.9. The number of hydrogen-bond acceptors (Lipinski definition) is 5. The first-order valence-electron chi connectivity index (χ1n) is 9.47. The third kappa shape index (κ3) is 5.43. The molecule has 158 valence electrons. The molecule has 0 radical (unpaired) electrons. The number of ether oxygens (including phenoxy) is 1. The fraction of sp³-hybridized carbons (Fsp3) is 0.130. The second-order valence-corrected chi connectivity index (χ2v) is 7.15. The molecule has 0 aromatic heterocycles. The fourth-order valence-corrected chi connectivity index (χ4v) is 3.10. The van der Waals surface area contributed by atoms with Crippen LogP contribution in [0.25, 0.3) is 6.08 Å². The molecule has 2 aromatic carbocycles. The summed E-state index contributed by atoms with van der Waals surface area (Å²) in [5.74, 6) is -1.10. The zero-order chi connectivity index (χ0) is 22.4. The molecule has 7 nitrogen and oxygen atoms in total. The lowest BCUT2D eigenvalue weighted by Gasteiger charge is -2.27. The summed E-state index contributed by atoms with van der Waals surface area (Å²) in [4.78, 5) is 38.5. The first-order valence-corrected chi connectivity index (χ1v) is 9.88. The Morgan fingerprint density at radius 3 is 2.61 bits per heavy atom. The Labute approximate surface area is 185 Å². The molecule has 1 heterocycles. The number of nitrogens with one attached hydrogen (secondary N) is 2. The van der Waals surface area contributed by atoms with E-state index in [9.17, 15) is 14.4 Å². The first kappa shape index (κ1) is 21.9. The predicted molar refractivity (Wildman–Crippen MR) is 122 cm³/mol. The summed E-state index contributed by atoms with van der Waals surface area (Å²) in [6.07, 6.45) is 2.94. The molecule has 3 amide bonds. The van der Waals surface area contributed by atoms with E-state index >= 15 is 0 Å². The molecule has 1 saturated heterocycles. The standard InChI is InChI=1S/C23H21N3O4S/c1-3-12-26-22(29)18(21(28)25-23(26)31)13-16-6-4-5-7-19(16)30-14-20(27)24-17-10-8-15(2)9-11-17/h3-11,13H,1,12,14H2,2H3,(H,24,27)(H,25,28,31). The molecule has 0 aliphatic carbocycles. The van der Waals surface area contributed by atoms with Crippen LogP contribution in [0.4, 0.5) is 5.69 Å². The molecule has 2 N–H and O–H groups in total. The number of para-hydroxylation sites is 1. The molecule has 1 fully saturated rings. The summed E-state index contributed by atoms with van der Waals surface area (Å²) in [7, 11) is 0. The minimum Gasteiger partial charge on any atom is -0.483 e. The third-order valence-electron chi connectivity index (χ3n) is 4.41. The van der Waals surface area contributed by atoms with Gasteiger partial charge in [-0.2, -0.15) is 0 Å². The Bertz CT molecular complexity index is 1080. The van der Waals surface area contributed by atoms with Crippen LogP contribution in [0.3, 0.4) is 0 Å². The number of carbonyl (C=O) groups is 3. The van der Waals surface area contributed by atoms with Gasteiger partial charge in [-0.3, -0.25) is 24.6 Å². The van der Waals surface area contributed by atoms with Crippen LogP contribution in [0.2, 0.25) is 0 Å². The fourth-order valence-electron chi connectivity index (χ4n) is 2.85. The van der Waals surface area contributed by atoms with Gasteiger partial charge in [0.2, 0.25) is 0 Å². The Morgan fingerprint density at radius 2 is 1.90 bits per heavy atom. The van der Waals surface area contributed by atoms with Crippen LogP contribution in [-0.2, 0) is 14.4 Å². The summed E-state index contributed by atoms with van der Waals surface area (Å²) in [6.45, 7) is 5.50. The number of hydrogen-bond donors (Lipinski definition) is 2. The Kier molecular flexibility index (Phi) is 6.94. The second-order valence-electron chi connectivity index (χ2n) is 6.76. The van der Waals surface area contributed by atoms with E-state index in [-0.39, 0.29) is 29.7 Å². The molecule has 0 spiro atoms. The van der Waals surface area contributed by atoms with Gasteiger partial charge in [0, 0.05) is 17.8 Å². The highest BCUT2D eigenvalue weighted by molar-refractivity contribution is 7.80. The highest BCUT2D eigenvalue weighted by atomic mass is 32.1. The van der Waals surface area contributed by atoms with Crippen molar-refractivity contribution in [3.63, 3.8) is 0 Å². The first-order chi connectivity index (χ1) is 14.9. The van der Waals surface area contributed by atoms with Gasteiger partial charge < -0.3 is 10.1 Å². The minimum absolute atomic E-state index is 0.0318. The van der Waals surface area contributed by atoms with Crippen LogP contribution in [0.15, 0.2) is 66.8 Å². The zero-order valence-electron chi connectivity index (χ0n) is 16.9. The number of amides is 3. The SMILES string of the molecule is C=CCN1C(=O)C(=Cc2ccccc2OCC(=O)Nc2ccc(C)cc2)C(=O)NC1=S. The van der Waals surface area contributed by atoms with Gasteiger partial charge in [-0.15, -0.1) is 6.58 Å². The maximum Gasteiger partial charge on any atom is 0.265 e. The largest absolute Gasteiger partial charge is 0.483 e. The quantitative estimate of drug-likeness (QED) is 0.302. The van der Waals surface area contributed by atoms with E-state index in [1.807, 2.05) is 19.1 Å². The molecule has 0 atom stereocenters. The summed E-state index contributed by atoms with van der Waals surface area (Å²) >= 11 is 5.05. The van der Waals surface area contributed by atoms with Gasteiger partial charge in [0.05, 0.1) is 0 Å². The molecule has 2 aromatic rings. The number of anilines is 1. The van der Waals surface area contributed by atoms with Crippen molar-refractivity contribution in [1.29, 1.82) is 0 Å². The van der Waals surface area contributed by atoms with Crippen LogP contribution in [0, 0.1) is 6.92 Å². The predicted octanol–water partition coefficient (Wildman–Crippen LogP) is 2.83. The number of carbonyl (C=O) groups excluding carboxylic acids is 3. The number of aryl methyl sites for hydroxylation is 1. The smallest absolute Gasteiger partial charge is 0.265 e. The minimum atomic E-state index is -0.595. The van der Waals surface area contributed by atoms with Crippen molar-refractivity contribution in [3.8, 4) is 5.75 Å². The molecule has 1 aliphatic heterocycles. The maximum absolute atomic E-state index is 12.7. The van der Waals surface area contributed by atoms with Crippen molar-refractivity contribution in [2.24, 2.45) is 0 Å². The Hall–Kier alpha value is -3.78.